The average molecular weight is 244 g/mol. The van der Waals surface area contributed by atoms with E-state index in [0.717, 1.165) is 5.56 Å². The zero-order valence-corrected chi connectivity index (χ0v) is 9.92. The zero-order chi connectivity index (χ0) is 13.1. The number of benzene rings is 1. The SMILES string of the molecule is CCC(=O)Cc1ccnc2c([N+](=O)[O-])cccc12. The van der Waals surface area contributed by atoms with Gasteiger partial charge in [0.1, 0.15) is 11.3 Å². The molecular weight excluding hydrogens is 232 g/mol. The van der Waals surface area contributed by atoms with Gasteiger partial charge in [0.2, 0.25) is 0 Å². The van der Waals surface area contributed by atoms with Gasteiger partial charge in [-0.25, -0.2) is 4.98 Å². The Labute approximate surface area is 104 Å². The van der Waals surface area contributed by atoms with Gasteiger partial charge >= 0.3 is 0 Å². The summed E-state index contributed by atoms with van der Waals surface area (Å²) in [4.78, 5) is 26.0. The van der Waals surface area contributed by atoms with Crippen molar-refractivity contribution in [3.63, 3.8) is 0 Å². The molecule has 0 amide bonds. The summed E-state index contributed by atoms with van der Waals surface area (Å²) in [5.74, 6) is 0.106. The predicted octanol–water partition coefficient (Wildman–Crippen LogP) is 2.66. The molecule has 18 heavy (non-hydrogen) atoms. The van der Waals surface area contributed by atoms with Crippen LogP contribution in [0.5, 0.6) is 0 Å². The average Bonchev–Trinajstić information content (AvgIpc) is 2.38. The number of rotatable bonds is 4. The minimum atomic E-state index is -0.458. The minimum Gasteiger partial charge on any atom is -0.299 e. The second-order valence-electron chi connectivity index (χ2n) is 3.97. The molecule has 0 spiro atoms. The maximum absolute atomic E-state index is 11.5. The van der Waals surface area contributed by atoms with E-state index in [1.165, 1.54) is 12.3 Å². The highest BCUT2D eigenvalue weighted by Crippen LogP contribution is 2.26. The maximum Gasteiger partial charge on any atom is 0.295 e. The van der Waals surface area contributed by atoms with Crippen molar-refractivity contribution < 1.29 is 9.72 Å². The fourth-order valence-corrected chi connectivity index (χ4v) is 1.86. The number of para-hydroxylation sites is 1. The molecule has 2 aromatic rings. The van der Waals surface area contributed by atoms with Gasteiger partial charge in [-0.1, -0.05) is 19.1 Å². The highest BCUT2D eigenvalue weighted by Gasteiger charge is 2.15. The maximum atomic E-state index is 11.5. The number of pyridine rings is 1. The first-order chi connectivity index (χ1) is 8.63. The normalized spacial score (nSPS) is 10.5. The lowest BCUT2D eigenvalue weighted by Gasteiger charge is -2.04. The summed E-state index contributed by atoms with van der Waals surface area (Å²) >= 11 is 0. The largest absolute Gasteiger partial charge is 0.299 e. The Bertz CT molecular complexity index is 623. The van der Waals surface area contributed by atoms with Crippen LogP contribution in [-0.4, -0.2) is 15.7 Å². The van der Waals surface area contributed by atoms with Crippen LogP contribution in [0.4, 0.5) is 5.69 Å². The second-order valence-corrected chi connectivity index (χ2v) is 3.97. The highest BCUT2D eigenvalue weighted by molar-refractivity contribution is 5.93. The van der Waals surface area contributed by atoms with Crippen LogP contribution in [0.2, 0.25) is 0 Å². The summed E-state index contributed by atoms with van der Waals surface area (Å²) < 4.78 is 0. The Hall–Kier alpha value is -2.30. The first kappa shape index (κ1) is 12.2. The van der Waals surface area contributed by atoms with Crippen molar-refractivity contribution in [3.8, 4) is 0 Å². The van der Waals surface area contributed by atoms with E-state index in [1.807, 2.05) is 0 Å². The van der Waals surface area contributed by atoms with E-state index in [-0.39, 0.29) is 17.9 Å². The first-order valence-corrected chi connectivity index (χ1v) is 5.66. The molecule has 0 saturated heterocycles. The number of Topliss-reactive ketones (excluding diaryl/α,β-unsaturated/α-hetero) is 1. The van der Waals surface area contributed by atoms with Crippen molar-refractivity contribution >= 4 is 22.4 Å². The molecule has 0 N–H and O–H groups in total. The summed E-state index contributed by atoms with van der Waals surface area (Å²) in [6.45, 7) is 1.80. The highest BCUT2D eigenvalue weighted by atomic mass is 16.6. The third kappa shape index (κ3) is 2.20. The quantitative estimate of drug-likeness (QED) is 0.612. The van der Waals surface area contributed by atoms with E-state index in [0.29, 0.717) is 17.3 Å². The minimum absolute atomic E-state index is 0.0294. The number of nitro benzene ring substituents is 1. The number of hydrogen-bond acceptors (Lipinski definition) is 4. The molecule has 0 saturated carbocycles. The number of hydrogen-bond donors (Lipinski definition) is 0. The summed E-state index contributed by atoms with van der Waals surface area (Å²) in [6.07, 6.45) is 2.25. The molecule has 1 aromatic carbocycles. The van der Waals surface area contributed by atoms with E-state index < -0.39 is 4.92 Å². The summed E-state index contributed by atoms with van der Waals surface area (Å²) in [7, 11) is 0. The van der Waals surface area contributed by atoms with Crippen molar-refractivity contribution in [1.29, 1.82) is 0 Å². The van der Waals surface area contributed by atoms with Crippen LogP contribution < -0.4 is 0 Å². The number of nitro groups is 1. The number of nitrogens with zero attached hydrogens (tertiary/aromatic N) is 2. The van der Waals surface area contributed by atoms with Crippen LogP contribution in [0, 0.1) is 10.1 Å². The first-order valence-electron chi connectivity index (χ1n) is 5.66. The van der Waals surface area contributed by atoms with Gasteiger partial charge < -0.3 is 0 Å². The van der Waals surface area contributed by atoms with Crippen LogP contribution in [0.1, 0.15) is 18.9 Å². The molecule has 0 aliphatic heterocycles. The lowest BCUT2D eigenvalue weighted by molar-refractivity contribution is -0.383. The molecule has 2 rings (SSSR count). The summed E-state index contributed by atoms with van der Waals surface area (Å²) in [6, 6.07) is 6.52. The third-order valence-electron chi connectivity index (χ3n) is 2.82. The van der Waals surface area contributed by atoms with E-state index in [4.69, 9.17) is 0 Å². The molecule has 0 aliphatic rings. The van der Waals surface area contributed by atoms with Gasteiger partial charge in [-0.05, 0) is 11.6 Å². The Morgan fingerprint density at radius 1 is 1.39 bits per heavy atom. The number of aromatic nitrogens is 1. The molecule has 0 radical (unpaired) electrons. The summed E-state index contributed by atoms with van der Waals surface area (Å²) in [5, 5.41) is 11.6. The zero-order valence-electron chi connectivity index (χ0n) is 9.92. The van der Waals surface area contributed by atoms with Crippen LogP contribution in [0.15, 0.2) is 30.5 Å². The fraction of sp³-hybridized carbons (Fsp3) is 0.231. The Morgan fingerprint density at radius 2 is 2.17 bits per heavy atom. The van der Waals surface area contributed by atoms with Gasteiger partial charge in [0.15, 0.2) is 0 Å². The van der Waals surface area contributed by atoms with Gasteiger partial charge in [0, 0.05) is 30.5 Å². The number of carbonyl (C=O) groups excluding carboxylic acids is 1. The lowest BCUT2D eigenvalue weighted by atomic mass is 10.0. The van der Waals surface area contributed by atoms with Crippen LogP contribution in [0.3, 0.4) is 0 Å². The van der Waals surface area contributed by atoms with Crippen molar-refractivity contribution in [1.82, 2.24) is 4.98 Å². The van der Waals surface area contributed by atoms with E-state index >= 15 is 0 Å². The molecule has 0 fully saturated rings. The molecule has 0 aliphatic carbocycles. The second kappa shape index (κ2) is 4.91. The van der Waals surface area contributed by atoms with Crippen molar-refractivity contribution in [2.45, 2.75) is 19.8 Å². The third-order valence-corrected chi connectivity index (χ3v) is 2.82. The van der Waals surface area contributed by atoms with Crippen molar-refractivity contribution in [2.24, 2.45) is 0 Å². The Morgan fingerprint density at radius 3 is 2.83 bits per heavy atom. The Kier molecular flexibility index (Phi) is 3.32. The smallest absolute Gasteiger partial charge is 0.295 e. The van der Waals surface area contributed by atoms with Crippen molar-refractivity contribution in [2.75, 3.05) is 0 Å². The van der Waals surface area contributed by atoms with Gasteiger partial charge in [0.25, 0.3) is 5.69 Å². The number of non-ortho nitro benzene ring substituents is 1. The lowest BCUT2D eigenvalue weighted by Crippen LogP contribution is -2.02. The molecule has 5 nitrogen and oxygen atoms in total. The number of fused-ring (bicyclic) bond motifs is 1. The van der Waals surface area contributed by atoms with Gasteiger partial charge in [0.05, 0.1) is 4.92 Å². The van der Waals surface area contributed by atoms with Gasteiger partial charge in [-0.3, -0.25) is 14.9 Å². The molecule has 1 heterocycles. The molecule has 1 aromatic heterocycles. The van der Waals surface area contributed by atoms with E-state index in [9.17, 15) is 14.9 Å². The van der Waals surface area contributed by atoms with Gasteiger partial charge in [-0.2, -0.15) is 0 Å². The standard InChI is InChI=1S/C13H12N2O3/c1-2-10(16)8-9-6-7-14-13-11(9)4-3-5-12(13)15(17)18/h3-7H,2,8H2,1H3. The number of carbonyl (C=O) groups is 1. The molecule has 92 valence electrons. The molecule has 0 atom stereocenters. The van der Waals surface area contributed by atoms with Crippen LogP contribution in [-0.2, 0) is 11.2 Å². The topological polar surface area (TPSA) is 73.1 Å². The monoisotopic (exact) mass is 244 g/mol. The van der Waals surface area contributed by atoms with Crippen LogP contribution >= 0.6 is 0 Å². The summed E-state index contributed by atoms with van der Waals surface area (Å²) in [5.41, 5.74) is 1.10. The van der Waals surface area contributed by atoms with E-state index in [2.05, 4.69) is 4.98 Å². The Balaban J connectivity index is 2.60. The number of ketones is 1. The predicted molar refractivity (Wildman–Crippen MR) is 67.4 cm³/mol. The molecule has 0 unspecified atom stereocenters. The van der Waals surface area contributed by atoms with E-state index in [1.54, 1.807) is 25.1 Å². The van der Waals surface area contributed by atoms with Gasteiger partial charge in [-0.15, -0.1) is 0 Å². The van der Waals surface area contributed by atoms with Crippen molar-refractivity contribution in [3.05, 3.63) is 46.1 Å². The van der Waals surface area contributed by atoms with Crippen LogP contribution in [0.25, 0.3) is 10.9 Å². The molecule has 5 heteroatoms. The fourth-order valence-electron chi connectivity index (χ4n) is 1.86. The molecular formula is C13H12N2O3. The molecule has 0 bridgehead atoms.